The molecule has 0 unspecified atom stereocenters. The highest BCUT2D eigenvalue weighted by Crippen LogP contribution is 2.28. The molecule has 4 nitrogen and oxygen atoms in total. The third-order valence-corrected chi connectivity index (χ3v) is 3.82. The highest BCUT2D eigenvalue weighted by molar-refractivity contribution is 6.36. The Hall–Kier alpha value is -2.17. The van der Waals surface area contributed by atoms with Gasteiger partial charge in [-0.2, -0.15) is 0 Å². The second-order valence-electron chi connectivity index (χ2n) is 4.67. The lowest BCUT2D eigenvalue weighted by atomic mass is 10.1. The Labute approximate surface area is 136 Å². The SMILES string of the molecule is COc1ccc(-n2[nH]c(-c3ccc(Cl)cc3Cl)cc2=O)cc1. The quantitative estimate of drug-likeness (QED) is 0.782. The fourth-order valence-corrected chi connectivity index (χ4v) is 2.68. The van der Waals surface area contributed by atoms with E-state index in [1.807, 2.05) is 0 Å². The molecule has 22 heavy (non-hydrogen) atoms. The molecule has 1 heterocycles. The van der Waals surface area contributed by atoms with Crippen LogP contribution in [0.5, 0.6) is 5.75 Å². The number of methoxy groups -OCH3 is 1. The molecule has 0 radical (unpaired) electrons. The summed E-state index contributed by atoms with van der Waals surface area (Å²) in [5, 5.41) is 4.08. The van der Waals surface area contributed by atoms with E-state index in [9.17, 15) is 4.79 Å². The van der Waals surface area contributed by atoms with Gasteiger partial charge in [0.1, 0.15) is 5.75 Å². The van der Waals surface area contributed by atoms with E-state index in [4.69, 9.17) is 27.9 Å². The monoisotopic (exact) mass is 334 g/mol. The zero-order valence-corrected chi connectivity index (χ0v) is 13.2. The molecule has 0 bridgehead atoms. The maximum absolute atomic E-state index is 12.2. The number of hydrogen-bond acceptors (Lipinski definition) is 2. The van der Waals surface area contributed by atoms with Gasteiger partial charge < -0.3 is 4.74 Å². The molecule has 0 spiro atoms. The molecule has 0 saturated heterocycles. The van der Waals surface area contributed by atoms with Crippen LogP contribution in [0.1, 0.15) is 0 Å². The number of hydrogen-bond donors (Lipinski definition) is 1. The highest BCUT2D eigenvalue weighted by Gasteiger charge is 2.10. The normalized spacial score (nSPS) is 10.7. The Bertz CT molecular complexity index is 867. The second kappa shape index (κ2) is 5.91. The largest absolute Gasteiger partial charge is 0.497 e. The van der Waals surface area contributed by atoms with Crippen LogP contribution < -0.4 is 10.3 Å². The molecule has 0 aliphatic heterocycles. The second-order valence-corrected chi connectivity index (χ2v) is 5.51. The van der Waals surface area contributed by atoms with Crippen LogP contribution in [-0.2, 0) is 0 Å². The molecule has 1 aromatic heterocycles. The first-order valence-electron chi connectivity index (χ1n) is 6.50. The van der Waals surface area contributed by atoms with Crippen molar-refractivity contribution in [1.29, 1.82) is 0 Å². The molecule has 0 aliphatic rings. The molecule has 0 saturated carbocycles. The van der Waals surface area contributed by atoms with E-state index in [1.54, 1.807) is 49.6 Å². The summed E-state index contributed by atoms with van der Waals surface area (Å²) in [6.07, 6.45) is 0. The predicted octanol–water partition coefficient (Wildman–Crippen LogP) is 4.15. The average Bonchev–Trinajstić information content (AvgIpc) is 2.89. The lowest BCUT2D eigenvalue weighted by molar-refractivity contribution is 0.414. The molecule has 6 heteroatoms. The summed E-state index contributed by atoms with van der Waals surface area (Å²) in [6, 6.07) is 13.8. The summed E-state index contributed by atoms with van der Waals surface area (Å²) < 4.78 is 6.55. The van der Waals surface area contributed by atoms with Crippen molar-refractivity contribution >= 4 is 23.2 Å². The van der Waals surface area contributed by atoms with Crippen LogP contribution in [0.4, 0.5) is 0 Å². The van der Waals surface area contributed by atoms with Gasteiger partial charge in [0.05, 0.1) is 23.5 Å². The number of benzene rings is 2. The Morgan fingerprint density at radius 1 is 1.05 bits per heavy atom. The maximum atomic E-state index is 12.2. The average molecular weight is 335 g/mol. The Morgan fingerprint density at radius 2 is 1.77 bits per heavy atom. The minimum absolute atomic E-state index is 0.175. The third kappa shape index (κ3) is 2.75. The van der Waals surface area contributed by atoms with E-state index >= 15 is 0 Å². The molecule has 3 aromatic rings. The number of halogens is 2. The molecule has 1 N–H and O–H groups in total. The summed E-state index contributed by atoms with van der Waals surface area (Å²) in [7, 11) is 1.59. The maximum Gasteiger partial charge on any atom is 0.271 e. The molecule has 0 atom stereocenters. The van der Waals surface area contributed by atoms with Gasteiger partial charge >= 0.3 is 0 Å². The summed E-state index contributed by atoms with van der Waals surface area (Å²) in [4.78, 5) is 12.2. The van der Waals surface area contributed by atoms with Gasteiger partial charge in [-0.15, -0.1) is 0 Å². The first kappa shape index (κ1) is 14.8. The van der Waals surface area contributed by atoms with Gasteiger partial charge in [0, 0.05) is 16.7 Å². The molecule has 0 amide bonds. The smallest absolute Gasteiger partial charge is 0.271 e. The summed E-state index contributed by atoms with van der Waals surface area (Å²) >= 11 is 12.1. The minimum atomic E-state index is -0.175. The van der Waals surface area contributed by atoms with Crippen LogP contribution >= 0.6 is 23.2 Å². The van der Waals surface area contributed by atoms with Crippen molar-refractivity contribution in [3.8, 4) is 22.7 Å². The van der Waals surface area contributed by atoms with Gasteiger partial charge in [-0.1, -0.05) is 23.2 Å². The first-order chi connectivity index (χ1) is 10.6. The number of H-pyrrole nitrogens is 1. The standard InChI is InChI=1S/C16H12Cl2N2O2/c1-22-12-5-3-11(4-6-12)20-16(21)9-15(19-20)13-7-2-10(17)8-14(13)18/h2-9,19H,1H3. The van der Waals surface area contributed by atoms with Gasteiger partial charge in [-0.3, -0.25) is 9.89 Å². The third-order valence-electron chi connectivity index (χ3n) is 3.27. The molecular formula is C16H12Cl2N2O2. The van der Waals surface area contributed by atoms with Crippen LogP contribution in [0.15, 0.2) is 53.3 Å². The Kier molecular flexibility index (Phi) is 3.96. The summed E-state index contributed by atoms with van der Waals surface area (Å²) in [5.41, 5.74) is 1.88. The minimum Gasteiger partial charge on any atom is -0.497 e. The summed E-state index contributed by atoms with van der Waals surface area (Å²) in [5.74, 6) is 0.726. The van der Waals surface area contributed by atoms with E-state index in [1.165, 1.54) is 10.7 Å². The van der Waals surface area contributed by atoms with Crippen molar-refractivity contribution in [1.82, 2.24) is 9.78 Å². The summed E-state index contributed by atoms with van der Waals surface area (Å²) in [6.45, 7) is 0. The zero-order chi connectivity index (χ0) is 15.7. The van der Waals surface area contributed by atoms with Crippen molar-refractivity contribution in [2.45, 2.75) is 0 Å². The van der Waals surface area contributed by atoms with Gasteiger partial charge in [0.25, 0.3) is 5.56 Å². The first-order valence-corrected chi connectivity index (χ1v) is 7.26. The number of nitrogens with one attached hydrogen (secondary N) is 1. The van der Waals surface area contributed by atoms with Crippen molar-refractivity contribution in [2.24, 2.45) is 0 Å². The molecular weight excluding hydrogens is 323 g/mol. The number of nitrogens with zero attached hydrogens (tertiary/aromatic N) is 1. The topological polar surface area (TPSA) is 47.0 Å². The predicted molar refractivity (Wildman–Crippen MR) is 88.4 cm³/mol. The molecule has 0 fully saturated rings. The fourth-order valence-electron chi connectivity index (χ4n) is 2.16. The van der Waals surface area contributed by atoms with E-state index in [0.717, 1.165) is 11.3 Å². The van der Waals surface area contributed by atoms with Crippen molar-refractivity contribution in [3.63, 3.8) is 0 Å². The van der Waals surface area contributed by atoms with Crippen LogP contribution in [0.2, 0.25) is 10.0 Å². The van der Waals surface area contributed by atoms with E-state index in [2.05, 4.69) is 5.10 Å². The highest BCUT2D eigenvalue weighted by atomic mass is 35.5. The van der Waals surface area contributed by atoms with Crippen LogP contribution in [0.25, 0.3) is 16.9 Å². The van der Waals surface area contributed by atoms with Crippen LogP contribution in [0, 0.1) is 0 Å². The van der Waals surface area contributed by atoms with Gasteiger partial charge in [-0.25, -0.2) is 4.68 Å². The Morgan fingerprint density at radius 3 is 2.41 bits per heavy atom. The lowest BCUT2D eigenvalue weighted by Gasteiger charge is -2.05. The number of aromatic nitrogens is 2. The van der Waals surface area contributed by atoms with E-state index in [0.29, 0.717) is 21.4 Å². The number of rotatable bonds is 3. The van der Waals surface area contributed by atoms with E-state index < -0.39 is 0 Å². The zero-order valence-electron chi connectivity index (χ0n) is 11.6. The van der Waals surface area contributed by atoms with E-state index in [-0.39, 0.29) is 5.56 Å². The molecule has 112 valence electrons. The number of ether oxygens (including phenoxy) is 1. The Balaban J connectivity index is 2.05. The van der Waals surface area contributed by atoms with Gasteiger partial charge in [0.2, 0.25) is 0 Å². The van der Waals surface area contributed by atoms with Crippen molar-refractivity contribution in [2.75, 3.05) is 7.11 Å². The van der Waals surface area contributed by atoms with Crippen LogP contribution in [-0.4, -0.2) is 16.9 Å². The van der Waals surface area contributed by atoms with Crippen LogP contribution in [0.3, 0.4) is 0 Å². The fraction of sp³-hybridized carbons (Fsp3) is 0.0625. The van der Waals surface area contributed by atoms with Crippen molar-refractivity contribution < 1.29 is 4.74 Å². The van der Waals surface area contributed by atoms with Gasteiger partial charge in [-0.05, 0) is 42.5 Å². The number of aromatic amines is 1. The molecule has 3 rings (SSSR count). The molecule has 2 aromatic carbocycles. The van der Waals surface area contributed by atoms with Gasteiger partial charge in [0.15, 0.2) is 0 Å². The van der Waals surface area contributed by atoms with Crippen molar-refractivity contribution in [3.05, 3.63) is 68.9 Å². The molecule has 0 aliphatic carbocycles. The lowest BCUT2D eigenvalue weighted by Crippen LogP contribution is -2.13.